The lowest BCUT2D eigenvalue weighted by molar-refractivity contribution is -0.385. The minimum absolute atomic E-state index is 0.0176. The zero-order chi connectivity index (χ0) is 13.2. The van der Waals surface area contributed by atoms with Crippen molar-refractivity contribution >= 4 is 17.3 Å². The lowest BCUT2D eigenvalue weighted by Gasteiger charge is -2.19. The molecule has 0 bridgehead atoms. The van der Waals surface area contributed by atoms with Crippen molar-refractivity contribution in [1.82, 2.24) is 0 Å². The van der Waals surface area contributed by atoms with E-state index in [0.29, 0.717) is 17.0 Å². The summed E-state index contributed by atoms with van der Waals surface area (Å²) in [4.78, 5) is 10.6. The SMILES string of the molecule is N#CC1(Cc2ccc(Cl)cc2[N+](=O)[O-])CCCC1. The van der Waals surface area contributed by atoms with Crippen molar-refractivity contribution in [3.05, 3.63) is 38.9 Å². The summed E-state index contributed by atoms with van der Waals surface area (Å²) < 4.78 is 0. The predicted octanol–water partition coefficient (Wildman–Crippen LogP) is 3.87. The molecule has 1 aromatic rings. The second-order valence-electron chi connectivity index (χ2n) is 4.81. The first kappa shape index (κ1) is 12.8. The van der Waals surface area contributed by atoms with Crippen LogP contribution in [0.5, 0.6) is 0 Å². The van der Waals surface area contributed by atoms with Crippen LogP contribution in [-0.4, -0.2) is 4.92 Å². The van der Waals surface area contributed by atoms with Gasteiger partial charge in [-0.15, -0.1) is 0 Å². The monoisotopic (exact) mass is 264 g/mol. The molecule has 0 amide bonds. The van der Waals surface area contributed by atoms with Gasteiger partial charge >= 0.3 is 0 Å². The Labute approximate surface area is 110 Å². The second kappa shape index (κ2) is 4.95. The molecular weight excluding hydrogens is 252 g/mol. The maximum absolute atomic E-state index is 11.0. The molecule has 4 nitrogen and oxygen atoms in total. The first-order valence-electron chi connectivity index (χ1n) is 5.90. The molecule has 2 rings (SSSR count). The third kappa shape index (κ3) is 2.46. The van der Waals surface area contributed by atoms with Crippen molar-refractivity contribution < 1.29 is 4.92 Å². The van der Waals surface area contributed by atoms with Crippen LogP contribution in [0.15, 0.2) is 18.2 Å². The Bertz CT molecular complexity index is 516. The van der Waals surface area contributed by atoms with Crippen LogP contribution in [0, 0.1) is 26.9 Å². The highest BCUT2D eigenvalue weighted by molar-refractivity contribution is 6.30. The highest BCUT2D eigenvalue weighted by Gasteiger charge is 2.35. The predicted molar refractivity (Wildman–Crippen MR) is 68.3 cm³/mol. The third-order valence-electron chi connectivity index (χ3n) is 3.57. The van der Waals surface area contributed by atoms with Gasteiger partial charge in [-0.3, -0.25) is 10.1 Å². The molecule has 1 saturated carbocycles. The Morgan fingerprint density at radius 3 is 2.67 bits per heavy atom. The van der Waals surface area contributed by atoms with E-state index in [4.69, 9.17) is 11.6 Å². The van der Waals surface area contributed by atoms with Crippen LogP contribution < -0.4 is 0 Å². The van der Waals surface area contributed by atoms with Crippen LogP contribution in [0.4, 0.5) is 5.69 Å². The molecule has 0 unspecified atom stereocenters. The molecule has 1 fully saturated rings. The lowest BCUT2D eigenvalue weighted by atomic mass is 9.81. The summed E-state index contributed by atoms with van der Waals surface area (Å²) in [7, 11) is 0. The van der Waals surface area contributed by atoms with E-state index >= 15 is 0 Å². The number of nitriles is 1. The summed E-state index contributed by atoms with van der Waals surface area (Å²) >= 11 is 5.78. The first-order valence-corrected chi connectivity index (χ1v) is 6.28. The number of nitro benzene ring substituents is 1. The molecule has 94 valence electrons. The second-order valence-corrected chi connectivity index (χ2v) is 5.24. The Morgan fingerprint density at radius 2 is 2.11 bits per heavy atom. The fraction of sp³-hybridized carbons (Fsp3) is 0.462. The minimum atomic E-state index is -0.432. The van der Waals surface area contributed by atoms with Crippen LogP contribution in [0.25, 0.3) is 0 Å². The Kier molecular flexibility index (Phi) is 3.53. The third-order valence-corrected chi connectivity index (χ3v) is 3.81. The number of hydrogen-bond acceptors (Lipinski definition) is 3. The molecule has 0 N–H and O–H groups in total. The van der Waals surface area contributed by atoms with Gasteiger partial charge in [0.15, 0.2) is 0 Å². The van der Waals surface area contributed by atoms with Crippen molar-refractivity contribution in [1.29, 1.82) is 5.26 Å². The van der Waals surface area contributed by atoms with E-state index < -0.39 is 10.3 Å². The Balaban J connectivity index is 2.34. The van der Waals surface area contributed by atoms with Crippen molar-refractivity contribution in [3.63, 3.8) is 0 Å². The average Bonchev–Trinajstić information content (AvgIpc) is 2.80. The zero-order valence-electron chi connectivity index (χ0n) is 9.86. The summed E-state index contributed by atoms with van der Waals surface area (Å²) in [5.41, 5.74) is 0.190. The normalized spacial score (nSPS) is 17.3. The van der Waals surface area contributed by atoms with Crippen molar-refractivity contribution in [2.75, 3.05) is 0 Å². The van der Waals surface area contributed by atoms with Gasteiger partial charge < -0.3 is 0 Å². The number of hydrogen-bond donors (Lipinski definition) is 0. The van der Waals surface area contributed by atoms with Crippen LogP contribution in [0.3, 0.4) is 0 Å². The molecule has 0 spiro atoms. The smallest absolute Gasteiger partial charge is 0.258 e. The molecular formula is C13H13ClN2O2. The number of halogens is 1. The first-order chi connectivity index (χ1) is 8.56. The highest BCUT2D eigenvalue weighted by Crippen LogP contribution is 2.42. The van der Waals surface area contributed by atoms with E-state index in [0.717, 1.165) is 25.7 Å². The van der Waals surface area contributed by atoms with E-state index in [1.165, 1.54) is 6.07 Å². The maximum atomic E-state index is 11.0. The topological polar surface area (TPSA) is 66.9 Å². The largest absolute Gasteiger partial charge is 0.274 e. The van der Waals surface area contributed by atoms with Crippen molar-refractivity contribution in [2.45, 2.75) is 32.1 Å². The molecule has 0 aliphatic heterocycles. The summed E-state index contributed by atoms with van der Waals surface area (Å²) in [6.45, 7) is 0. The fourth-order valence-electron chi connectivity index (χ4n) is 2.60. The molecule has 0 radical (unpaired) electrons. The molecule has 0 saturated heterocycles. The molecule has 0 heterocycles. The number of nitrogens with zero attached hydrogens (tertiary/aromatic N) is 2. The number of rotatable bonds is 3. The van der Waals surface area contributed by atoms with Crippen LogP contribution >= 0.6 is 11.6 Å². The number of benzene rings is 1. The summed E-state index contributed by atoms with van der Waals surface area (Å²) in [6.07, 6.45) is 4.13. The minimum Gasteiger partial charge on any atom is -0.258 e. The molecule has 18 heavy (non-hydrogen) atoms. The van der Waals surface area contributed by atoms with Crippen LogP contribution in [-0.2, 0) is 6.42 Å². The lowest BCUT2D eigenvalue weighted by Crippen LogP contribution is -2.17. The highest BCUT2D eigenvalue weighted by atomic mass is 35.5. The molecule has 1 aliphatic carbocycles. The summed E-state index contributed by atoms with van der Waals surface area (Å²) in [6, 6.07) is 7.02. The van der Waals surface area contributed by atoms with Gasteiger partial charge in [0.05, 0.1) is 16.4 Å². The van der Waals surface area contributed by atoms with Gasteiger partial charge in [0.2, 0.25) is 0 Å². The molecule has 1 aliphatic rings. The van der Waals surface area contributed by atoms with E-state index in [1.807, 2.05) is 0 Å². The van der Waals surface area contributed by atoms with Gasteiger partial charge in [0.1, 0.15) is 0 Å². The quantitative estimate of drug-likeness (QED) is 0.615. The summed E-state index contributed by atoms with van der Waals surface area (Å²) in [5, 5.41) is 20.7. The van der Waals surface area contributed by atoms with Gasteiger partial charge in [-0.2, -0.15) is 5.26 Å². The van der Waals surface area contributed by atoms with E-state index in [1.54, 1.807) is 12.1 Å². The number of nitro groups is 1. The van der Waals surface area contributed by atoms with Crippen molar-refractivity contribution in [3.8, 4) is 6.07 Å². The Morgan fingerprint density at radius 1 is 1.44 bits per heavy atom. The van der Waals surface area contributed by atoms with Gasteiger partial charge in [-0.25, -0.2) is 0 Å². The van der Waals surface area contributed by atoms with Gasteiger partial charge in [0, 0.05) is 16.7 Å². The average molecular weight is 265 g/mol. The Hall–Kier alpha value is -1.60. The van der Waals surface area contributed by atoms with Crippen molar-refractivity contribution in [2.24, 2.45) is 5.41 Å². The van der Waals surface area contributed by atoms with Gasteiger partial charge in [-0.05, 0) is 25.3 Å². The van der Waals surface area contributed by atoms with Crippen LogP contribution in [0.1, 0.15) is 31.2 Å². The molecule has 1 aromatic carbocycles. The maximum Gasteiger partial charge on any atom is 0.274 e. The van der Waals surface area contributed by atoms with E-state index in [9.17, 15) is 15.4 Å². The van der Waals surface area contributed by atoms with E-state index in [-0.39, 0.29) is 5.69 Å². The fourth-order valence-corrected chi connectivity index (χ4v) is 2.77. The molecule has 5 heteroatoms. The molecule has 0 atom stereocenters. The van der Waals surface area contributed by atoms with Gasteiger partial charge in [0.25, 0.3) is 5.69 Å². The standard InChI is InChI=1S/C13H13ClN2O2/c14-11-4-3-10(12(7-11)16(17)18)8-13(9-15)5-1-2-6-13/h3-4,7H,1-2,5-6,8H2. The van der Waals surface area contributed by atoms with Crippen LogP contribution in [0.2, 0.25) is 5.02 Å². The van der Waals surface area contributed by atoms with Gasteiger partial charge in [-0.1, -0.05) is 30.5 Å². The zero-order valence-corrected chi connectivity index (χ0v) is 10.6. The summed E-state index contributed by atoms with van der Waals surface area (Å²) in [5.74, 6) is 0. The van der Waals surface area contributed by atoms with E-state index in [2.05, 4.69) is 6.07 Å². The molecule has 0 aromatic heterocycles.